The van der Waals surface area contributed by atoms with Crippen LogP contribution >= 0.6 is 12.2 Å². The first-order valence-electron chi connectivity index (χ1n) is 4.64. The maximum absolute atomic E-state index is 5.49. The molecule has 0 radical (unpaired) electrons. The molecule has 0 atom stereocenters. The molecule has 0 spiro atoms. The predicted octanol–water partition coefficient (Wildman–Crippen LogP) is 2.22. The molecule has 0 aliphatic rings. The zero-order chi connectivity index (χ0) is 10.6. The van der Waals surface area contributed by atoms with E-state index in [0.29, 0.717) is 18.0 Å². The topological polar surface area (TPSA) is 35.2 Å². The van der Waals surface area contributed by atoms with Crippen LogP contribution in [0.25, 0.3) is 0 Å². The summed E-state index contributed by atoms with van der Waals surface area (Å²) in [5, 5.41) is 0. The molecule has 0 fully saturated rings. The van der Waals surface area contributed by atoms with Gasteiger partial charge >= 0.3 is 0 Å². The number of hydrogen-bond acceptors (Lipinski definition) is 2. The number of rotatable bonds is 4. The maximum atomic E-state index is 5.49. The Hall–Kier alpha value is -1.09. The number of benzene rings is 1. The summed E-state index contributed by atoms with van der Waals surface area (Å²) in [6, 6.07) is 5.97. The molecular weight excluding hydrogens is 194 g/mol. The van der Waals surface area contributed by atoms with Crippen LogP contribution in [0.4, 0.5) is 0 Å². The number of ether oxygens (including phenoxy) is 1. The van der Waals surface area contributed by atoms with Gasteiger partial charge < -0.3 is 10.5 Å². The van der Waals surface area contributed by atoms with Crippen molar-refractivity contribution in [3.05, 3.63) is 29.3 Å². The van der Waals surface area contributed by atoms with Gasteiger partial charge in [-0.05, 0) is 37.1 Å². The second-order valence-electron chi connectivity index (χ2n) is 3.16. The molecule has 1 rings (SSSR count). The SMILES string of the molecule is CCOc1ccc(CC(N)=S)c(C)c1. The van der Waals surface area contributed by atoms with Gasteiger partial charge in [-0.1, -0.05) is 18.3 Å². The van der Waals surface area contributed by atoms with Crippen LogP contribution in [0.2, 0.25) is 0 Å². The van der Waals surface area contributed by atoms with Gasteiger partial charge in [0.2, 0.25) is 0 Å². The summed E-state index contributed by atoms with van der Waals surface area (Å²) in [5.41, 5.74) is 7.83. The summed E-state index contributed by atoms with van der Waals surface area (Å²) >= 11 is 4.87. The summed E-state index contributed by atoms with van der Waals surface area (Å²) in [4.78, 5) is 0.525. The number of hydrogen-bond donors (Lipinski definition) is 1. The summed E-state index contributed by atoms with van der Waals surface area (Å²) in [5.74, 6) is 0.900. The lowest BCUT2D eigenvalue weighted by Gasteiger charge is -2.08. The molecule has 0 saturated heterocycles. The van der Waals surface area contributed by atoms with Gasteiger partial charge in [-0.25, -0.2) is 0 Å². The Balaban J connectivity index is 2.84. The second kappa shape index (κ2) is 4.96. The normalized spacial score (nSPS) is 9.86. The number of nitrogens with two attached hydrogens (primary N) is 1. The zero-order valence-electron chi connectivity index (χ0n) is 8.54. The summed E-state index contributed by atoms with van der Waals surface area (Å²) in [6.07, 6.45) is 0.660. The van der Waals surface area contributed by atoms with Gasteiger partial charge in [0.05, 0.1) is 11.6 Å². The first-order valence-corrected chi connectivity index (χ1v) is 5.05. The van der Waals surface area contributed by atoms with Crippen LogP contribution < -0.4 is 10.5 Å². The molecule has 1 aromatic carbocycles. The average Bonchev–Trinajstić information content (AvgIpc) is 2.10. The lowest BCUT2D eigenvalue weighted by Crippen LogP contribution is -2.11. The molecular formula is C11H15NOS. The fourth-order valence-corrected chi connectivity index (χ4v) is 1.47. The van der Waals surface area contributed by atoms with Gasteiger partial charge in [0, 0.05) is 6.42 Å². The molecule has 1 aromatic rings. The summed E-state index contributed by atoms with van der Waals surface area (Å²) < 4.78 is 5.38. The van der Waals surface area contributed by atoms with E-state index in [9.17, 15) is 0 Å². The fourth-order valence-electron chi connectivity index (χ4n) is 1.31. The number of aryl methyl sites for hydroxylation is 1. The molecule has 0 aliphatic carbocycles. The quantitative estimate of drug-likeness (QED) is 0.772. The lowest BCUT2D eigenvalue weighted by atomic mass is 10.1. The first kappa shape index (κ1) is 11.0. The monoisotopic (exact) mass is 209 g/mol. The van der Waals surface area contributed by atoms with Gasteiger partial charge in [0.15, 0.2) is 0 Å². The van der Waals surface area contributed by atoms with E-state index in [2.05, 4.69) is 0 Å². The van der Waals surface area contributed by atoms with E-state index in [-0.39, 0.29) is 0 Å². The van der Waals surface area contributed by atoms with Crippen LogP contribution in [0.3, 0.4) is 0 Å². The van der Waals surface area contributed by atoms with E-state index >= 15 is 0 Å². The van der Waals surface area contributed by atoms with Crippen molar-refractivity contribution < 1.29 is 4.74 Å². The van der Waals surface area contributed by atoms with Crippen LogP contribution in [0.5, 0.6) is 5.75 Å². The van der Waals surface area contributed by atoms with Crippen molar-refractivity contribution in [2.75, 3.05) is 6.61 Å². The highest BCUT2D eigenvalue weighted by atomic mass is 32.1. The lowest BCUT2D eigenvalue weighted by molar-refractivity contribution is 0.340. The molecule has 3 heteroatoms. The third-order valence-electron chi connectivity index (χ3n) is 1.99. The van der Waals surface area contributed by atoms with E-state index in [1.165, 1.54) is 11.1 Å². The van der Waals surface area contributed by atoms with Crippen molar-refractivity contribution in [3.63, 3.8) is 0 Å². The molecule has 0 aliphatic heterocycles. The third-order valence-corrected chi connectivity index (χ3v) is 2.13. The highest BCUT2D eigenvalue weighted by Gasteiger charge is 2.01. The molecule has 0 heterocycles. The van der Waals surface area contributed by atoms with Gasteiger partial charge in [-0.3, -0.25) is 0 Å². The first-order chi connectivity index (χ1) is 6.63. The molecule has 0 aromatic heterocycles. The minimum atomic E-state index is 0.525. The Labute approximate surface area is 90.1 Å². The van der Waals surface area contributed by atoms with Gasteiger partial charge in [-0.2, -0.15) is 0 Å². The standard InChI is InChI=1S/C11H15NOS/c1-3-13-10-5-4-9(7-11(12)14)8(2)6-10/h4-6H,3,7H2,1-2H3,(H2,12,14). The van der Waals surface area contributed by atoms with Crippen molar-refractivity contribution in [2.45, 2.75) is 20.3 Å². The Morgan fingerprint density at radius 3 is 2.71 bits per heavy atom. The second-order valence-corrected chi connectivity index (χ2v) is 3.69. The van der Waals surface area contributed by atoms with Crippen LogP contribution in [0, 0.1) is 6.92 Å². The Kier molecular flexibility index (Phi) is 3.89. The predicted molar refractivity (Wildman–Crippen MR) is 62.8 cm³/mol. The zero-order valence-corrected chi connectivity index (χ0v) is 9.36. The maximum Gasteiger partial charge on any atom is 0.119 e. The smallest absolute Gasteiger partial charge is 0.119 e. The fraction of sp³-hybridized carbons (Fsp3) is 0.364. The molecule has 0 bridgehead atoms. The molecule has 2 N–H and O–H groups in total. The highest BCUT2D eigenvalue weighted by molar-refractivity contribution is 7.80. The molecule has 0 amide bonds. The largest absolute Gasteiger partial charge is 0.494 e. The van der Waals surface area contributed by atoms with Crippen molar-refractivity contribution in [2.24, 2.45) is 5.73 Å². The molecule has 76 valence electrons. The third kappa shape index (κ3) is 3.00. The van der Waals surface area contributed by atoms with Gasteiger partial charge in [0.1, 0.15) is 5.75 Å². The van der Waals surface area contributed by atoms with E-state index in [1.807, 2.05) is 32.0 Å². The Morgan fingerprint density at radius 2 is 2.21 bits per heavy atom. The van der Waals surface area contributed by atoms with Gasteiger partial charge in [-0.15, -0.1) is 0 Å². The van der Waals surface area contributed by atoms with Crippen molar-refractivity contribution in [1.82, 2.24) is 0 Å². The Bertz CT molecular complexity index is 336. The van der Waals surface area contributed by atoms with E-state index in [4.69, 9.17) is 22.7 Å². The molecule has 0 unspecified atom stereocenters. The van der Waals surface area contributed by atoms with Crippen LogP contribution in [-0.4, -0.2) is 11.6 Å². The van der Waals surface area contributed by atoms with E-state index in [0.717, 1.165) is 5.75 Å². The van der Waals surface area contributed by atoms with Crippen LogP contribution in [0.1, 0.15) is 18.1 Å². The van der Waals surface area contributed by atoms with E-state index < -0.39 is 0 Å². The van der Waals surface area contributed by atoms with Crippen LogP contribution in [-0.2, 0) is 6.42 Å². The minimum absolute atomic E-state index is 0.525. The van der Waals surface area contributed by atoms with Crippen molar-refractivity contribution >= 4 is 17.2 Å². The highest BCUT2D eigenvalue weighted by Crippen LogP contribution is 2.17. The average molecular weight is 209 g/mol. The van der Waals surface area contributed by atoms with Crippen LogP contribution in [0.15, 0.2) is 18.2 Å². The minimum Gasteiger partial charge on any atom is -0.494 e. The van der Waals surface area contributed by atoms with Gasteiger partial charge in [0.25, 0.3) is 0 Å². The van der Waals surface area contributed by atoms with E-state index in [1.54, 1.807) is 0 Å². The molecule has 2 nitrogen and oxygen atoms in total. The summed E-state index contributed by atoms with van der Waals surface area (Å²) in [7, 11) is 0. The number of thiocarbonyl (C=S) groups is 1. The van der Waals surface area contributed by atoms with Crippen molar-refractivity contribution in [3.8, 4) is 5.75 Å². The molecule has 0 saturated carbocycles. The summed E-state index contributed by atoms with van der Waals surface area (Å²) in [6.45, 7) is 4.70. The van der Waals surface area contributed by atoms with Crippen molar-refractivity contribution in [1.29, 1.82) is 0 Å². The Morgan fingerprint density at radius 1 is 1.50 bits per heavy atom. The molecule has 14 heavy (non-hydrogen) atoms.